The van der Waals surface area contributed by atoms with Crippen LogP contribution in [-0.2, 0) is 23.1 Å². The lowest BCUT2D eigenvalue weighted by molar-refractivity contribution is 0.512. The van der Waals surface area contributed by atoms with E-state index >= 15 is 0 Å². The second kappa shape index (κ2) is 6.21. The Morgan fingerprint density at radius 3 is 2.79 bits per heavy atom. The number of rotatable bonds is 5. The number of hydrogen-bond donors (Lipinski definition) is 1. The molecule has 2 heterocycles. The molecule has 0 fully saturated rings. The van der Waals surface area contributed by atoms with Crippen LogP contribution in [0.15, 0.2) is 50.8 Å². The third-order valence-corrected chi connectivity index (χ3v) is 5.30. The quantitative estimate of drug-likeness (QED) is 0.759. The standard InChI is InChI=1S/C16H17N3O4S/c1-3-19-13-7-11(2)15(8-14(13)23-16(19)20)24(21,22)18-10-12-5-4-6-17-9-12/h4-9,18H,3,10H2,1-2H3. The summed E-state index contributed by atoms with van der Waals surface area (Å²) in [4.78, 5) is 15.8. The summed E-state index contributed by atoms with van der Waals surface area (Å²) in [6.07, 6.45) is 3.22. The van der Waals surface area contributed by atoms with Crippen LogP contribution < -0.4 is 10.5 Å². The van der Waals surface area contributed by atoms with Crippen LogP contribution in [-0.4, -0.2) is 18.0 Å². The molecule has 0 saturated carbocycles. The van der Waals surface area contributed by atoms with Crippen LogP contribution >= 0.6 is 0 Å². The number of benzene rings is 1. The minimum absolute atomic E-state index is 0.0934. The maximum Gasteiger partial charge on any atom is 0.419 e. The van der Waals surface area contributed by atoms with E-state index in [0.29, 0.717) is 17.6 Å². The van der Waals surface area contributed by atoms with Crippen LogP contribution in [0.5, 0.6) is 0 Å². The van der Waals surface area contributed by atoms with Crippen molar-refractivity contribution in [2.24, 2.45) is 0 Å². The highest BCUT2D eigenvalue weighted by Crippen LogP contribution is 2.23. The second-order valence-corrected chi connectivity index (χ2v) is 7.12. The molecule has 0 aliphatic heterocycles. The molecule has 0 spiro atoms. The van der Waals surface area contributed by atoms with Crippen LogP contribution in [0.3, 0.4) is 0 Å². The molecule has 24 heavy (non-hydrogen) atoms. The Hall–Kier alpha value is -2.45. The minimum atomic E-state index is -3.74. The maximum absolute atomic E-state index is 12.6. The van der Waals surface area contributed by atoms with E-state index in [-0.39, 0.29) is 17.0 Å². The molecular formula is C16H17N3O4S. The lowest BCUT2D eigenvalue weighted by atomic mass is 10.2. The normalized spacial score (nSPS) is 11.9. The fourth-order valence-corrected chi connectivity index (χ4v) is 3.80. The van der Waals surface area contributed by atoms with Gasteiger partial charge in [-0.1, -0.05) is 6.07 Å². The van der Waals surface area contributed by atoms with Crippen molar-refractivity contribution in [2.45, 2.75) is 31.8 Å². The summed E-state index contributed by atoms with van der Waals surface area (Å²) >= 11 is 0. The molecule has 2 aromatic heterocycles. The maximum atomic E-state index is 12.6. The van der Waals surface area contributed by atoms with E-state index in [1.165, 1.54) is 10.6 Å². The van der Waals surface area contributed by atoms with Crippen molar-refractivity contribution >= 4 is 21.1 Å². The van der Waals surface area contributed by atoms with Gasteiger partial charge in [-0.15, -0.1) is 0 Å². The summed E-state index contributed by atoms with van der Waals surface area (Å²) in [6.45, 7) is 4.10. The highest BCUT2D eigenvalue weighted by Gasteiger charge is 2.20. The summed E-state index contributed by atoms with van der Waals surface area (Å²) in [5.74, 6) is -0.496. The van der Waals surface area contributed by atoms with Crippen LogP contribution in [0, 0.1) is 6.92 Å². The van der Waals surface area contributed by atoms with Crippen molar-refractivity contribution < 1.29 is 12.8 Å². The highest BCUT2D eigenvalue weighted by molar-refractivity contribution is 7.89. The van der Waals surface area contributed by atoms with Gasteiger partial charge in [0.25, 0.3) is 0 Å². The molecule has 7 nitrogen and oxygen atoms in total. The number of nitrogens with one attached hydrogen (secondary N) is 1. The Morgan fingerprint density at radius 2 is 2.12 bits per heavy atom. The highest BCUT2D eigenvalue weighted by atomic mass is 32.2. The fraction of sp³-hybridized carbons (Fsp3) is 0.250. The monoisotopic (exact) mass is 347 g/mol. The topological polar surface area (TPSA) is 94.2 Å². The summed E-state index contributed by atoms with van der Waals surface area (Å²) in [5.41, 5.74) is 2.15. The van der Waals surface area contributed by atoms with Gasteiger partial charge in [0, 0.05) is 31.5 Å². The Balaban J connectivity index is 1.98. The molecule has 0 saturated heterocycles. The molecule has 3 rings (SSSR count). The van der Waals surface area contributed by atoms with E-state index in [0.717, 1.165) is 5.56 Å². The van der Waals surface area contributed by atoms with E-state index < -0.39 is 15.8 Å². The largest absolute Gasteiger partial charge is 0.419 e. The summed E-state index contributed by atoms with van der Waals surface area (Å²) in [7, 11) is -3.74. The zero-order valence-electron chi connectivity index (χ0n) is 13.3. The van der Waals surface area contributed by atoms with E-state index in [2.05, 4.69) is 9.71 Å². The Bertz CT molecular complexity index is 1040. The van der Waals surface area contributed by atoms with Crippen LogP contribution in [0.1, 0.15) is 18.1 Å². The molecule has 0 amide bonds. The molecule has 0 unspecified atom stereocenters. The van der Waals surface area contributed by atoms with Gasteiger partial charge in [-0.3, -0.25) is 9.55 Å². The third-order valence-electron chi connectivity index (χ3n) is 3.76. The first-order valence-electron chi connectivity index (χ1n) is 7.45. The van der Waals surface area contributed by atoms with Crippen molar-refractivity contribution in [1.82, 2.24) is 14.3 Å². The van der Waals surface area contributed by atoms with Gasteiger partial charge >= 0.3 is 5.76 Å². The number of hydrogen-bond acceptors (Lipinski definition) is 5. The number of nitrogens with zero attached hydrogens (tertiary/aromatic N) is 2. The number of sulfonamides is 1. The number of fused-ring (bicyclic) bond motifs is 1. The first-order chi connectivity index (χ1) is 11.4. The molecule has 126 valence electrons. The number of aryl methyl sites for hydroxylation is 2. The number of pyridine rings is 1. The molecule has 0 aliphatic rings. The predicted octanol–water partition coefficient (Wildman–Crippen LogP) is 1.80. The van der Waals surface area contributed by atoms with Gasteiger partial charge in [0.05, 0.1) is 10.4 Å². The van der Waals surface area contributed by atoms with Crippen molar-refractivity contribution in [3.63, 3.8) is 0 Å². The zero-order chi connectivity index (χ0) is 17.3. The van der Waals surface area contributed by atoms with Crippen molar-refractivity contribution in [1.29, 1.82) is 0 Å². The predicted molar refractivity (Wildman–Crippen MR) is 89.1 cm³/mol. The summed E-state index contributed by atoms with van der Waals surface area (Å²) < 4.78 is 34.3. The van der Waals surface area contributed by atoms with Crippen molar-refractivity contribution in [3.8, 4) is 0 Å². The van der Waals surface area contributed by atoms with Crippen LogP contribution in [0.4, 0.5) is 0 Å². The smallest absolute Gasteiger partial charge is 0.408 e. The average molecular weight is 347 g/mol. The average Bonchev–Trinajstić information content (AvgIpc) is 2.87. The van der Waals surface area contributed by atoms with Crippen molar-refractivity contribution in [2.75, 3.05) is 0 Å². The molecule has 0 radical (unpaired) electrons. The SMILES string of the molecule is CCn1c(=O)oc2cc(S(=O)(=O)NCc3cccnc3)c(C)cc21. The first-order valence-corrected chi connectivity index (χ1v) is 8.93. The molecule has 0 bridgehead atoms. The van der Waals surface area contributed by atoms with Gasteiger partial charge < -0.3 is 4.42 Å². The molecule has 1 aromatic carbocycles. The summed E-state index contributed by atoms with van der Waals surface area (Å²) in [5, 5.41) is 0. The Kier molecular flexibility index (Phi) is 4.25. The van der Waals surface area contributed by atoms with E-state index in [1.807, 2.05) is 6.92 Å². The Morgan fingerprint density at radius 1 is 1.33 bits per heavy atom. The van der Waals surface area contributed by atoms with Gasteiger partial charge in [-0.2, -0.15) is 0 Å². The molecular weight excluding hydrogens is 330 g/mol. The summed E-state index contributed by atoms with van der Waals surface area (Å²) in [6, 6.07) is 6.57. The van der Waals surface area contributed by atoms with E-state index in [4.69, 9.17) is 4.42 Å². The van der Waals surface area contributed by atoms with Gasteiger partial charge in [0.15, 0.2) is 5.58 Å². The zero-order valence-corrected chi connectivity index (χ0v) is 14.1. The van der Waals surface area contributed by atoms with E-state index in [9.17, 15) is 13.2 Å². The van der Waals surface area contributed by atoms with Gasteiger partial charge in [-0.25, -0.2) is 17.9 Å². The lowest BCUT2D eigenvalue weighted by Crippen LogP contribution is -2.24. The Labute approximate surface area is 139 Å². The molecule has 0 aliphatic carbocycles. The molecule has 3 aromatic rings. The van der Waals surface area contributed by atoms with Crippen molar-refractivity contribution in [3.05, 3.63) is 58.3 Å². The first kappa shape index (κ1) is 16.4. The molecule has 1 N–H and O–H groups in total. The van der Waals surface area contributed by atoms with Gasteiger partial charge in [-0.05, 0) is 37.1 Å². The minimum Gasteiger partial charge on any atom is -0.408 e. The van der Waals surface area contributed by atoms with Gasteiger partial charge in [0.2, 0.25) is 10.0 Å². The van der Waals surface area contributed by atoms with Crippen LogP contribution in [0.25, 0.3) is 11.1 Å². The second-order valence-electron chi connectivity index (χ2n) is 5.38. The number of aromatic nitrogens is 2. The fourth-order valence-electron chi connectivity index (χ4n) is 2.54. The van der Waals surface area contributed by atoms with Gasteiger partial charge in [0.1, 0.15) is 0 Å². The number of oxazole rings is 1. The van der Waals surface area contributed by atoms with E-state index in [1.54, 1.807) is 37.5 Å². The van der Waals surface area contributed by atoms with Crippen LogP contribution in [0.2, 0.25) is 0 Å². The molecule has 0 atom stereocenters. The third kappa shape index (κ3) is 2.98. The molecule has 8 heteroatoms. The lowest BCUT2D eigenvalue weighted by Gasteiger charge is -2.09.